The van der Waals surface area contributed by atoms with Crippen molar-refractivity contribution in [2.24, 2.45) is 0 Å². The molecular weight excluding hydrogens is 446 g/mol. The van der Waals surface area contributed by atoms with Crippen LogP contribution in [0.1, 0.15) is 39.4 Å². The fourth-order valence-electron chi connectivity index (χ4n) is 2.62. The number of H-pyrrole nitrogens is 1. The zero-order valence-electron chi connectivity index (χ0n) is 16.9. The summed E-state index contributed by atoms with van der Waals surface area (Å²) in [7, 11) is 0. The quantitative estimate of drug-likeness (QED) is 0.376. The number of aromatic nitrogens is 4. The molecule has 0 aliphatic rings. The minimum atomic E-state index is -0.637. The van der Waals surface area contributed by atoms with Gasteiger partial charge in [0.05, 0.1) is 24.5 Å². The summed E-state index contributed by atoms with van der Waals surface area (Å²) < 4.78 is 11.6. The Morgan fingerprint density at radius 3 is 2.61 bits per heavy atom. The van der Waals surface area contributed by atoms with Crippen LogP contribution in [0.3, 0.4) is 0 Å². The predicted molar refractivity (Wildman–Crippen MR) is 114 cm³/mol. The Morgan fingerprint density at radius 1 is 1.19 bits per heavy atom. The molecule has 0 atom stereocenters. The average molecular weight is 466 g/mol. The van der Waals surface area contributed by atoms with Crippen LogP contribution >= 0.6 is 23.1 Å². The highest BCUT2D eigenvalue weighted by Gasteiger charge is 2.27. The highest BCUT2D eigenvalue weighted by Crippen LogP contribution is 2.34. The van der Waals surface area contributed by atoms with Gasteiger partial charge >= 0.3 is 11.9 Å². The summed E-state index contributed by atoms with van der Waals surface area (Å²) in [5.74, 6) is -1.42. The van der Waals surface area contributed by atoms with Crippen LogP contribution in [0, 0.1) is 6.92 Å². The molecule has 3 heterocycles. The van der Waals surface area contributed by atoms with Crippen molar-refractivity contribution in [2.75, 3.05) is 24.3 Å². The van der Waals surface area contributed by atoms with E-state index in [1.165, 1.54) is 16.7 Å². The minimum absolute atomic E-state index is 0.0477. The van der Waals surface area contributed by atoms with Gasteiger partial charge in [-0.25, -0.2) is 9.59 Å². The van der Waals surface area contributed by atoms with Crippen molar-refractivity contribution in [1.82, 2.24) is 19.6 Å². The molecule has 0 spiro atoms. The number of ether oxygens (including phenoxy) is 2. The fourth-order valence-corrected chi connectivity index (χ4v) is 4.45. The van der Waals surface area contributed by atoms with Gasteiger partial charge in [-0.05, 0) is 26.3 Å². The second kappa shape index (κ2) is 9.75. The number of thiophene rings is 1. The van der Waals surface area contributed by atoms with E-state index < -0.39 is 17.8 Å². The maximum Gasteiger partial charge on any atom is 0.348 e. The number of nitrogens with zero attached hydrogens (tertiary/aromatic N) is 3. The summed E-state index contributed by atoms with van der Waals surface area (Å²) in [6, 6.07) is 1.32. The van der Waals surface area contributed by atoms with Crippen LogP contribution in [0.5, 0.6) is 0 Å². The van der Waals surface area contributed by atoms with Gasteiger partial charge in [0.25, 0.3) is 5.56 Å². The number of rotatable bonds is 8. The van der Waals surface area contributed by atoms with E-state index in [-0.39, 0.29) is 45.7 Å². The van der Waals surface area contributed by atoms with E-state index in [1.807, 2.05) is 0 Å². The lowest BCUT2D eigenvalue weighted by atomic mass is 10.1. The number of hydrogen-bond acceptors (Lipinski definition) is 10. The maximum atomic E-state index is 12.5. The Hall–Kier alpha value is -3.19. The van der Waals surface area contributed by atoms with Gasteiger partial charge in [0.2, 0.25) is 11.7 Å². The molecule has 0 unspecified atom stereocenters. The smallest absolute Gasteiger partial charge is 0.348 e. The van der Waals surface area contributed by atoms with Crippen LogP contribution in [0.2, 0.25) is 0 Å². The van der Waals surface area contributed by atoms with E-state index in [2.05, 4.69) is 20.5 Å². The maximum absolute atomic E-state index is 12.5. The lowest BCUT2D eigenvalue weighted by molar-refractivity contribution is -0.113. The molecule has 3 aromatic rings. The first-order valence-corrected chi connectivity index (χ1v) is 11.0. The molecule has 1 amide bonds. The first kappa shape index (κ1) is 22.5. The van der Waals surface area contributed by atoms with Crippen LogP contribution in [0.15, 0.2) is 22.2 Å². The molecule has 31 heavy (non-hydrogen) atoms. The molecule has 0 radical (unpaired) electrons. The first-order chi connectivity index (χ1) is 14.8. The number of fused-ring (bicyclic) bond motifs is 1. The van der Waals surface area contributed by atoms with Crippen LogP contribution < -0.4 is 10.9 Å². The number of anilines is 1. The summed E-state index contributed by atoms with van der Waals surface area (Å²) in [6.45, 7) is 5.27. The van der Waals surface area contributed by atoms with Crippen molar-refractivity contribution in [3.63, 3.8) is 0 Å². The Labute approximate surface area is 184 Å². The van der Waals surface area contributed by atoms with Crippen molar-refractivity contribution in [1.29, 1.82) is 0 Å². The highest BCUT2D eigenvalue weighted by molar-refractivity contribution is 7.99. The number of hydrogen-bond donors (Lipinski definition) is 2. The Morgan fingerprint density at radius 2 is 1.90 bits per heavy atom. The van der Waals surface area contributed by atoms with Crippen molar-refractivity contribution in [2.45, 2.75) is 25.9 Å². The largest absolute Gasteiger partial charge is 0.462 e. The molecule has 0 aliphatic carbocycles. The van der Waals surface area contributed by atoms with Crippen molar-refractivity contribution >= 4 is 51.7 Å². The van der Waals surface area contributed by atoms with E-state index in [0.29, 0.717) is 10.7 Å². The third-order valence-corrected chi connectivity index (χ3v) is 6.08. The summed E-state index contributed by atoms with van der Waals surface area (Å²) in [5, 5.41) is 11.1. The number of amides is 1. The van der Waals surface area contributed by atoms with Crippen LogP contribution in [-0.4, -0.2) is 56.4 Å². The monoisotopic (exact) mass is 465 g/mol. The van der Waals surface area contributed by atoms with Crippen LogP contribution in [0.25, 0.3) is 5.78 Å². The van der Waals surface area contributed by atoms with E-state index in [0.717, 1.165) is 23.1 Å². The molecule has 0 fully saturated rings. The number of esters is 2. The average Bonchev–Trinajstić information content (AvgIpc) is 3.27. The first-order valence-electron chi connectivity index (χ1n) is 9.20. The molecule has 13 heteroatoms. The summed E-state index contributed by atoms with van der Waals surface area (Å²) in [5.41, 5.74) is 0.196. The number of aromatic amines is 1. The van der Waals surface area contributed by atoms with Crippen molar-refractivity contribution < 1.29 is 23.9 Å². The number of nitrogens with one attached hydrogen (secondary N) is 2. The van der Waals surface area contributed by atoms with Gasteiger partial charge in [-0.1, -0.05) is 11.8 Å². The molecule has 0 aromatic carbocycles. The SMILES string of the molecule is CCOC(=O)c1sc(NC(=O)CSc2nnc3[nH]c(=O)ccn23)c(C(=O)OCC)c1C. The van der Waals surface area contributed by atoms with Gasteiger partial charge in [-0.15, -0.1) is 21.5 Å². The highest BCUT2D eigenvalue weighted by atomic mass is 32.2. The molecule has 164 valence electrons. The molecule has 3 rings (SSSR count). The van der Waals surface area contributed by atoms with Gasteiger partial charge in [0.15, 0.2) is 5.16 Å². The number of carbonyl (C=O) groups excluding carboxylic acids is 3. The Bertz CT molecular complexity index is 1200. The van der Waals surface area contributed by atoms with Gasteiger partial charge in [-0.2, -0.15) is 0 Å². The molecule has 11 nitrogen and oxygen atoms in total. The van der Waals surface area contributed by atoms with E-state index >= 15 is 0 Å². The van der Waals surface area contributed by atoms with Gasteiger partial charge < -0.3 is 14.8 Å². The molecule has 0 saturated carbocycles. The fraction of sp³-hybridized carbons (Fsp3) is 0.333. The Kier molecular flexibility index (Phi) is 7.07. The minimum Gasteiger partial charge on any atom is -0.462 e. The van der Waals surface area contributed by atoms with Crippen LogP contribution in [-0.2, 0) is 14.3 Å². The summed E-state index contributed by atoms with van der Waals surface area (Å²) >= 11 is 2.05. The number of thioether (sulfide) groups is 1. The molecule has 2 N–H and O–H groups in total. The molecule has 3 aromatic heterocycles. The number of carbonyl (C=O) groups is 3. The molecular formula is C18H19N5O6S2. The van der Waals surface area contributed by atoms with Crippen molar-refractivity contribution in [3.05, 3.63) is 38.6 Å². The predicted octanol–water partition coefficient (Wildman–Crippen LogP) is 1.87. The van der Waals surface area contributed by atoms with Gasteiger partial charge in [0, 0.05) is 12.3 Å². The molecule has 0 bridgehead atoms. The topological polar surface area (TPSA) is 145 Å². The Balaban J connectivity index is 1.78. The van der Waals surface area contributed by atoms with Gasteiger partial charge in [0.1, 0.15) is 9.88 Å². The molecule has 0 aliphatic heterocycles. The zero-order chi connectivity index (χ0) is 22.5. The zero-order valence-corrected chi connectivity index (χ0v) is 18.5. The van der Waals surface area contributed by atoms with Gasteiger partial charge in [-0.3, -0.25) is 19.0 Å². The summed E-state index contributed by atoms with van der Waals surface area (Å²) in [4.78, 5) is 51.2. The summed E-state index contributed by atoms with van der Waals surface area (Å²) in [6.07, 6.45) is 1.50. The molecule has 0 saturated heterocycles. The second-order valence-corrected chi connectivity index (χ2v) is 7.98. The third kappa shape index (κ3) is 4.94. The van der Waals surface area contributed by atoms with E-state index in [1.54, 1.807) is 20.8 Å². The second-order valence-electron chi connectivity index (χ2n) is 6.02. The third-order valence-electron chi connectivity index (χ3n) is 3.95. The van der Waals surface area contributed by atoms with Crippen molar-refractivity contribution in [3.8, 4) is 0 Å². The lowest BCUT2D eigenvalue weighted by Crippen LogP contribution is -2.16. The van der Waals surface area contributed by atoms with E-state index in [9.17, 15) is 19.2 Å². The van der Waals surface area contributed by atoms with Crippen LogP contribution in [0.4, 0.5) is 5.00 Å². The lowest BCUT2D eigenvalue weighted by Gasteiger charge is -2.06. The normalized spacial score (nSPS) is 10.8. The standard InChI is InChI=1S/C18H19N5O6S2/c1-4-28-15(26)12-9(3)13(16(27)29-5-2)31-14(12)19-11(25)8-30-18-22-21-17-20-10(24)6-7-23(17)18/h6-7H,4-5,8H2,1-3H3,(H,19,25)(H,20,21,24). The van der Waals surface area contributed by atoms with E-state index in [4.69, 9.17) is 9.47 Å².